The third-order valence-electron chi connectivity index (χ3n) is 5.36. The number of fused-ring (bicyclic) bond motifs is 1. The summed E-state index contributed by atoms with van der Waals surface area (Å²) in [6, 6.07) is 13.3. The van der Waals surface area contributed by atoms with Crippen LogP contribution in [0.15, 0.2) is 42.5 Å². The predicted octanol–water partition coefficient (Wildman–Crippen LogP) is 4.68. The standard InChI is InChI=1S/C23H26ClN3O3S.ClH/c1-29-18-8-6-17(7-9-18)16-21(28)27(11-3-10-26-12-14-30-15-13-26)23-25-22-19(24)4-2-5-20(22)31-23;/h2,4-9H,3,10-16H2,1H3;1H. The molecule has 1 amide bonds. The highest BCUT2D eigenvalue weighted by Crippen LogP contribution is 2.33. The number of hydrogen-bond acceptors (Lipinski definition) is 6. The van der Waals surface area contributed by atoms with E-state index in [4.69, 9.17) is 26.1 Å². The van der Waals surface area contributed by atoms with E-state index in [2.05, 4.69) is 4.90 Å². The van der Waals surface area contributed by atoms with E-state index < -0.39 is 0 Å². The van der Waals surface area contributed by atoms with E-state index in [-0.39, 0.29) is 18.3 Å². The van der Waals surface area contributed by atoms with Gasteiger partial charge in [0, 0.05) is 26.2 Å². The Balaban J connectivity index is 0.00000289. The molecule has 0 aliphatic carbocycles. The Labute approximate surface area is 203 Å². The van der Waals surface area contributed by atoms with Crippen LogP contribution in [0.4, 0.5) is 5.13 Å². The minimum absolute atomic E-state index is 0. The number of amides is 1. The number of nitrogens with zero attached hydrogens (tertiary/aromatic N) is 3. The molecule has 1 aliphatic heterocycles. The summed E-state index contributed by atoms with van der Waals surface area (Å²) in [5.41, 5.74) is 1.70. The van der Waals surface area contributed by atoms with E-state index in [9.17, 15) is 4.79 Å². The van der Waals surface area contributed by atoms with Crippen LogP contribution in [0.25, 0.3) is 10.2 Å². The number of carbonyl (C=O) groups is 1. The van der Waals surface area contributed by atoms with E-state index in [1.54, 1.807) is 7.11 Å². The molecule has 0 N–H and O–H groups in total. The minimum Gasteiger partial charge on any atom is -0.497 e. The van der Waals surface area contributed by atoms with Crippen LogP contribution < -0.4 is 9.64 Å². The van der Waals surface area contributed by atoms with Gasteiger partial charge in [0.25, 0.3) is 0 Å². The van der Waals surface area contributed by atoms with Crippen molar-refractivity contribution in [2.24, 2.45) is 0 Å². The lowest BCUT2D eigenvalue weighted by atomic mass is 10.1. The molecule has 32 heavy (non-hydrogen) atoms. The van der Waals surface area contributed by atoms with Crippen LogP contribution in [0.3, 0.4) is 0 Å². The van der Waals surface area contributed by atoms with Crippen molar-refractivity contribution in [3.63, 3.8) is 0 Å². The summed E-state index contributed by atoms with van der Waals surface area (Å²) >= 11 is 7.84. The average Bonchev–Trinajstić information content (AvgIpc) is 3.23. The Hall–Kier alpha value is -1.90. The summed E-state index contributed by atoms with van der Waals surface area (Å²) in [5.74, 6) is 0.807. The van der Waals surface area contributed by atoms with Gasteiger partial charge in [-0.25, -0.2) is 4.98 Å². The maximum atomic E-state index is 13.3. The molecule has 1 fully saturated rings. The van der Waals surface area contributed by atoms with Crippen molar-refractivity contribution >= 4 is 56.6 Å². The van der Waals surface area contributed by atoms with Crippen LogP contribution in [-0.2, 0) is 16.0 Å². The lowest BCUT2D eigenvalue weighted by Gasteiger charge is -2.27. The molecule has 2 aromatic carbocycles. The maximum absolute atomic E-state index is 13.3. The molecule has 9 heteroatoms. The highest BCUT2D eigenvalue weighted by atomic mass is 35.5. The summed E-state index contributed by atoms with van der Waals surface area (Å²) in [5, 5.41) is 1.31. The van der Waals surface area contributed by atoms with Crippen molar-refractivity contribution in [3.05, 3.63) is 53.1 Å². The van der Waals surface area contributed by atoms with Crippen LogP contribution in [0.5, 0.6) is 5.75 Å². The minimum atomic E-state index is 0. The zero-order valence-corrected chi connectivity index (χ0v) is 20.3. The molecule has 4 rings (SSSR count). The van der Waals surface area contributed by atoms with E-state index in [1.165, 1.54) is 11.3 Å². The van der Waals surface area contributed by atoms with Gasteiger partial charge in [-0.1, -0.05) is 41.1 Å². The van der Waals surface area contributed by atoms with Gasteiger partial charge >= 0.3 is 0 Å². The maximum Gasteiger partial charge on any atom is 0.233 e. The smallest absolute Gasteiger partial charge is 0.233 e. The Morgan fingerprint density at radius 1 is 1.22 bits per heavy atom. The Kier molecular flexibility index (Phi) is 9.13. The van der Waals surface area contributed by atoms with E-state index in [0.29, 0.717) is 23.1 Å². The summed E-state index contributed by atoms with van der Waals surface area (Å²) in [7, 11) is 1.63. The second-order valence-electron chi connectivity index (χ2n) is 7.46. The fourth-order valence-electron chi connectivity index (χ4n) is 3.64. The molecule has 1 saturated heterocycles. The van der Waals surface area contributed by atoms with Crippen LogP contribution in [0, 0.1) is 0 Å². The number of ether oxygens (including phenoxy) is 2. The molecule has 0 unspecified atom stereocenters. The molecule has 0 bridgehead atoms. The summed E-state index contributed by atoms with van der Waals surface area (Å²) < 4.78 is 11.6. The third-order valence-corrected chi connectivity index (χ3v) is 6.71. The Morgan fingerprint density at radius 3 is 2.66 bits per heavy atom. The van der Waals surface area contributed by atoms with Crippen molar-refractivity contribution in [1.29, 1.82) is 0 Å². The number of morpholine rings is 1. The number of benzene rings is 2. The predicted molar refractivity (Wildman–Crippen MR) is 133 cm³/mol. The lowest BCUT2D eigenvalue weighted by molar-refractivity contribution is -0.118. The van der Waals surface area contributed by atoms with E-state index in [1.807, 2.05) is 47.4 Å². The zero-order chi connectivity index (χ0) is 21.6. The van der Waals surface area contributed by atoms with Crippen molar-refractivity contribution in [1.82, 2.24) is 9.88 Å². The molecule has 0 spiro atoms. The quantitative estimate of drug-likeness (QED) is 0.454. The van der Waals surface area contributed by atoms with Gasteiger partial charge in [0.2, 0.25) is 5.91 Å². The number of carbonyl (C=O) groups excluding carboxylic acids is 1. The van der Waals surface area contributed by atoms with Crippen LogP contribution in [0.2, 0.25) is 5.02 Å². The summed E-state index contributed by atoms with van der Waals surface area (Å²) in [6.07, 6.45) is 1.18. The van der Waals surface area contributed by atoms with Gasteiger partial charge < -0.3 is 9.47 Å². The molecule has 6 nitrogen and oxygen atoms in total. The summed E-state index contributed by atoms with van der Waals surface area (Å²) in [4.78, 5) is 22.2. The van der Waals surface area contributed by atoms with Crippen molar-refractivity contribution in [3.8, 4) is 5.75 Å². The largest absolute Gasteiger partial charge is 0.497 e. The van der Waals surface area contributed by atoms with Crippen molar-refractivity contribution < 1.29 is 14.3 Å². The molecule has 0 atom stereocenters. The van der Waals surface area contributed by atoms with Gasteiger partial charge in [0.05, 0.1) is 36.5 Å². The lowest BCUT2D eigenvalue weighted by Crippen LogP contribution is -2.39. The second-order valence-corrected chi connectivity index (χ2v) is 8.88. The number of methoxy groups -OCH3 is 1. The first kappa shape index (κ1) is 24.7. The summed E-state index contributed by atoms with van der Waals surface area (Å²) in [6.45, 7) is 4.98. The number of thiazole rings is 1. The van der Waals surface area contributed by atoms with Crippen LogP contribution in [0.1, 0.15) is 12.0 Å². The topological polar surface area (TPSA) is 54.9 Å². The SMILES string of the molecule is COc1ccc(CC(=O)N(CCCN2CCOCC2)c2nc3c(Cl)cccc3s2)cc1.Cl. The average molecular weight is 496 g/mol. The van der Waals surface area contributed by atoms with Gasteiger partial charge in [0.15, 0.2) is 5.13 Å². The molecule has 2 heterocycles. The molecule has 3 aromatic rings. The first-order valence-corrected chi connectivity index (χ1v) is 11.6. The van der Waals surface area contributed by atoms with Crippen LogP contribution in [-0.4, -0.2) is 62.3 Å². The van der Waals surface area contributed by atoms with Gasteiger partial charge in [-0.15, -0.1) is 12.4 Å². The molecule has 0 radical (unpaired) electrons. The molecular weight excluding hydrogens is 469 g/mol. The fraction of sp³-hybridized carbons (Fsp3) is 0.391. The Bertz CT molecular complexity index is 1020. The van der Waals surface area contributed by atoms with Gasteiger partial charge in [-0.2, -0.15) is 0 Å². The van der Waals surface area contributed by atoms with Crippen molar-refractivity contribution in [2.75, 3.05) is 51.4 Å². The number of anilines is 1. The van der Waals surface area contributed by atoms with Gasteiger partial charge in [-0.3, -0.25) is 14.6 Å². The first-order chi connectivity index (χ1) is 15.1. The second kappa shape index (κ2) is 11.8. The zero-order valence-electron chi connectivity index (χ0n) is 18.0. The third kappa shape index (κ3) is 6.11. The number of aromatic nitrogens is 1. The molecule has 0 saturated carbocycles. The fourth-order valence-corrected chi connectivity index (χ4v) is 4.94. The van der Waals surface area contributed by atoms with E-state index in [0.717, 1.165) is 60.8 Å². The van der Waals surface area contributed by atoms with Crippen molar-refractivity contribution in [2.45, 2.75) is 12.8 Å². The first-order valence-electron chi connectivity index (χ1n) is 10.4. The molecule has 1 aliphatic rings. The van der Waals surface area contributed by atoms with E-state index >= 15 is 0 Å². The van der Waals surface area contributed by atoms with Crippen LogP contribution >= 0.6 is 35.3 Å². The Morgan fingerprint density at radius 2 is 1.97 bits per heavy atom. The highest BCUT2D eigenvalue weighted by molar-refractivity contribution is 7.22. The van der Waals surface area contributed by atoms with Gasteiger partial charge in [-0.05, 0) is 36.2 Å². The molecular formula is C23H27Cl2N3O3S. The molecule has 1 aromatic heterocycles. The number of hydrogen-bond donors (Lipinski definition) is 0. The number of rotatable bonds is 8. The highest BCUT2D eigenvalue weighted by Gasteiger charge is 2.21. The number of para-hydroxylation sites is 1. The molecule has 172 valence electrons. The monoisotopic (exact) mass is 495 g/mol. The van der Waals surface area contributed by atoms with Gasteiger partial charge in [0.1, 0.15) is 11.3 Å². The number of halogens is 2. The normalized spacial score (nSPS) is 14.2.